The number of hydrogen-bond acceptors (Lipinski definition) is 1. The molecule has 0 aliphatic carbocycles. The molecular formula is C14H11Cl2F2N. The standard InChI is InChI=1S/C14H11Cl2F2N/c15-9-1-4-12(16)8(5-9)6-14(19)11-3-2-10(17)7-13(11)18/h1-5,7,14H,6,19H2. The van der Waals surface area contributed by atoms with Crippen LogP contribution in [0.3, 0.4) is 0 Å². The van der Waals surface area contributed by atoms with Crippen molar-refractivity contribution in [2.24, 2.45) is 5.73 Å². The van der Waals surface area contributed by atoms with Gasteiger partial charge in [0.2, 0.25) is 0 Å². The largest absolute Gasteiger partial charge is 0.324 e. The molecule has 1 atom stereocenters. The summed E-state index contributed by atoms with van der Waals surface area (Å²) in [5, 5.41) is 1.05. The van der Waals surface area contributed by atoms with E-state index in [1.54, 1.807) is 18.2 Å². The second-order valence-electron chi connectivity index (χ2n) is 4.21. The molecule has 0 amide bonds. The summed E-state index contributed by atoms with van der Waals surface area (Å²) in [4.78, 5) is 0. The maximum absolute atomic E-state index is 13.6. The molecule has 0 saturated carbocycles. The molecule has 1 nitrogen and oxygen atoms in total. The fourth-order valence-corrected chi connectivity index (χ4v) is 2.24. The van der Waals surface area contributed by atoms with E-state index in [2.05, 4.69) is 0 Å². The van der Waals surface area contributed by atoms with Gasteiger partial charge in [-0.2, -0.15) is 0 Å². The van der Waals surface area contributed by atoms with Crippen LogP contribution in [0.4, 0.5) is 8.78 Å². The third-order valence-corrected chi connectivity index (χ3v) is 3.41. The zero-order valence-electron chi connectivity index (χ0n) is 9.84. The van der Waals surface area contributed by atoms with E-state index in [4.69, 9.17) is 28.9 Å². The lowest BCUT2D eigenvalue weighted by molar-refractivity contribution is 0.554. The molecule has 100 valence electrons. The number of rotatable bonds is 3. The molecule has 0 aromatic heterocycles. The lowest BCUT2D eigenvalue weighted by Crippen LogP contribution is -2.15. The first-order valence-electron chi connectivity index (χ1n) is 5.62. The Morgan fingerprint density at radius 1 is 1.05 bits per heavy atom. The van der Waals surface area contributed by atoms with Crippen LogP contribution in [0.15, 0.2) is 36.4 Å². The molecule has 2 rings (SSSR count). The summed E-state index contributed by atoms with van der Waals surface area (Å²) in [6.45, 7) is 0. The van der Waals surface area contributed by atoms with Crippen molar-refractivity contribution in [1.82, 2.24) is 0 Å². The third-order valence-electron chi connectivity index (χ3n) is 2.81. The van der Waals surface area contributed by atoms with Crippen molar-refractivity contribution in [3.8, 4) is 0 Å². The Kier molecular flexibility index (Phi) is 4.40. The lowest BCUT2D eigenvalue weighted by Gasteiger charge is -2.14. The molecule has 0 fully saturated rings. The molecule has 0 heterocycles. The molecule has 0 aliphatic heterocycles. The van der Waals surface area contributed by atoms with Gasteiger partial charge in [0, 0.05) is 27.7 Å². The fraction of sp³-hybridized carbons (Fsp3) is 0.143. The summed E-state index contributed by atoms with van der Waals surface area (Å²) in [5.74, 6) is -1.29. The van der Waals surface area contributed by atoms with Crippen LogP contribution in [0.5, 0.6) is 0 Å². The second-order valence-corrected chi connectivity index (χ2v) is 5.06. The van der Waals surface area contributed by atoms with E-state index >= 15 is 0 Å². The van der Waals surface area contributed by atoms with Gasteiger partial charge in [0.1, 0.15) is 11.6 Å². The average Bonchev–Trinajstić information content (AvgIpc) is 2.33. The van der Waals surface area contributed by atoms with Crippen molar-refractivity contribution in [2.75, 3.05) is 0 Å². The van der Waals surface area contributed by atoms with Crippen molar-refractivity contribution in [2.45, 2.75) is 12.5 Å². The maximum Gasteiger partial charge on any atom is 0.130 e. The van der Waals surface area contributed by atoms with Gasteiger partial charge in [-0.1, -0.05) is 29.3 Å². The van der Waals surface area contributed by atoms with Crippen LogP contribution in [0.2, 0.25) is 10.0 Å². The highest BCUT2D eigenvalue weighted by Crippen LogP contribution is 2.26. The van der Waals surface area contributed by atoms with Crippen molar-refractivity contribution < 1.29 is 8.78 Å². The molecule has 2 aromatic rings. The van der Waals surface area contributed by atoms with Gasteiger partial charge in [-0.05, 0) is 36.2 Å². The van der Waals surface area contributed by atoms with Gasteiger partial charge in [-0.3, -0.25) is 0 Å². The van der Waals surface area contributed by atoms with Crippen LogP contribution in [0, 0.1) is 11.6 Å². The quantitative estimate of drug-likeness (QED) is 0.886. The molecular weight excluding hydrogens is 291 g/mol. The molecule has 0 aliphatic rings. The number of nitrogens with two attached hydrogens (primary N) is 1. The summed E-state index contributed by atoms with van der Waals surface area (Å²) in [5.41, 5.74) is 6.91. The minimum absolute atomic E-state index is 0.248. The van der Waals surface area contributed by atoms with E-state index < -0.39 is 17.7 Å². The van der Waals surface area contributed by atoms with E-state index in [1.807, 2.05) is 0 Å². The van der Waals surface area contributed by atoms with Gasteiger partial charge in [-0.25, -0.2) is 8.78 Å². The summed E-state index contributed by atoms with van der Waals surface area (Å²) >= 11 is 11.9. The van der Waals surface area contributed by atoms with Crippen molar-refractivity contribution in [1.29, 1.82) is 0 Å². The van der Waals surface area contributed by atoms with Crippen LogP contribution in [-0.2, 0) is 6.42 Å². The lowest BCUT2D eigenvalue weighted by atomic mass is 9.99. The summed E-state index contributed by atoms with van der Waals surface area (Å²) in [6.07, 6.45) is 0.321. The molecule has 0 radical (unpaired) electrons. The molecule has 19 heavy (non-hydrogen) atoms. The summed E-state index contributed by atoms with van der Waals surface area (Å²) in [6, 6.07) is 7.73. The van der Waals surface area contributed by atoms with Gasteiger partial charge < -0.3 is 5.73 Å². The van der Waals surface area contributed by atoms with E-state index in [1.165, 1.54) is 12.1 Å². The van der Waals surface area contributed by atoms with E-state index in [0.717, 1.165) is 11.6 Å². The molecule has 1 unspecified atom stereocenters. The smallest absolute Gasteiger partial charge is 0.130 e. The Hall–Kier alpha value is -1.16. The highest BCUT2D eigenvalue weighted by molar-refractivity contribution is 6.33. The Bertz CT molecular complexity index is 602. The first kappa shape index (κ1) is 14.3. The van der Waals surface area contributed by atoms with E-state index in [-0.39, 0.29) is 5.56 Å². The molecule has 0 spiro atoms. The monoisotopic (exact) mass is 301 g/mol. The molecule has 5 heteroatoms. The summed E-state index contributed by atoms with van der Waals surface area (Å²) < 4.78 is 26.4. The predicted molar refractivity (Wildman–Crippen MR) is 73.5 cm³/mol. The predicted octanol–water partition coefficient (Wildman–Crippen LogP) is 4.51. The Labute approximate surface area is 119 Å². The van der Waals surface area contributed by atoms with Crippen LogP contribution in [0.25, 0.3) is 0 Å². The van der Waals surface area contributed by atoms with Crippen LogP contribution < -0.4 is 5.73 Å². The number of benzene rings is 2. The first-order chi connectivity index (χ1) is 8.97. The highest BCUT2D eigenvalue weighted by Gasteiger charge is 2.14. The zero-order valence-corrected chi connectivity index (χ0v) is 11.3. The van der Waals surface area contributed by atoms with Crippen molar-refractivity contribution in [3.05, 3.63) is 69.2 Å². The maximum atomic E-state index is 13.6. The van der Waals surface area contributed by atoms with Crippen molar-refractivity contribution in [3.63, 3.8) is 0 Å². The van der Waals surface area contributed by atoms with Gasteiger partial charge in [0.05, 0.1) is 0 Å². The average molecular weight is 302 g/mol. The van der Waals surface area contributed by atoms with Gasteiger partial charge >= 0.3 is 0 Å². The second kappa shape index (κ2) is 5.87. The molecule has 2 N–H and O–H groups in total. The first-order valence-corrected chi connectivity index (χ1v) is 6.37. The zero-order chi connectivity index (χ0) is 14.0. The van der Waals surface area contributed by atoms with Gasteiger partial charge in [0.15, 0.2) is 0 Å². The summed E-state index contributed by atoms with van der Waals surface area (Å²) in [7, 11) is 0. The highest BCUT2D eigenvalue weighted by atomic mass is 35.5. The van der Waals surface area contributed by atoms with Crippen molar-refractivity contribution >= 4 is 23.2 Å². The number of halogens is 4. The minimum Gasteiger partial charge on any atom is -0.324 e. The van der Waals surface area contributed by atoms with Gasteiger partial charge in [-0.15, -0.1) is 0 Å². The fourth-order valence-electron chi connectivity index (χ4n) is 1.85. The molecule has 2 aromatic carbocycles. The minimum atomic E-state index is -0.661. The van der Waals surface area contributed by atoms with E-state index in [9.17, 15) is 8.78 Å². The molecule has 0 saturated heterocycles. The molecule has 0 bridgehead atoms. The number of hydrogen-bond donors (Lipinski definition) is 1. The van der Waals surface area contributed by atoms with Crippen LogP contribution in [-0.4, -0.2) is 0 Å². The van der Waals surface area contributed by atoms with Gasteiger partial charge in [0.25, 0.3) is 0 Å². The van der Waals surface area contributed by atoms with Crippen LogP contribution >= 0.6 is 23.2 Å². The Morgan fingerprint density at radius 3 is 2.47 bits per heavy atom. The SMILES string of the molecule is NC(Cc1cc(Cl)ccc1Cl)c1ccc(F)cc1F. The van der Waals surface area contributed by atoms with E-state index in [0.29, 0.717) is 16.5 Å². The Morgan fingerprint density at radius 2 is 1.79 bits per heavy atom. The third kappa shape index (κ3) is 3.44. The topological polar surface area (TPSA) is 26.0 Å². The normalized spacial score (nSPS) is 12.5. The Balaban J connectivity index is 2.25. The van der Waals surface area contributed by atoms with Crippen LogP contribution in [0.1, 0.15) is 17.2 Å².